The van der Waals surface area contributed by atoms with Gasteiger partial charge in [-0.3, -0.25) is 0 Å². The zero-order valence-corrected chi connectivity index (χ0v) is 12.5. The number of rotatable bonds is 4. The van der Waals surface area contributed by atoms with Crippen LogP contribution in [-0.4, -0.2) is 30.1 Å². The lowest BCUT2D eigenvalue weighted by atomic mass is 10.1. The number of anilines is 1. The van der Waals surface area contributed by atoms with E-state index in [0.717, 1.165) is 11.8 Å². The van der Waals surface area contributed by atoms with Crippen molar-refractivity contribution < 1.29 is 0 Å². The van der Waals surface area contributed by atoms with Crippen molar-refractivity contribution in [3.63, 3.8) is 0 Å². The van der Waals surface area contributed by atoms with Crippen LogP contribution in [0.25, 0.3) is 0 Å². The van der Waals surface area contributed by atoms with Crippen LogP contribution in [-0.2, 0) is 6.54 Å². The summed E-state index contributed by atoms with van der Waals surface area (Å²) in [5, 5.41) is 4.26. The predicted molar refractivity (Wildman–Crippen MR) is 82.6 cm³/mol. The van der Waals surface area contributed by atoms with Crippen molar-refractivity contribution in [2.75, 3.05) is 23.7 Å². The minimum atomic E-state index is 0.536. The van der Waals surface area contributed by atoms with Crippen molar-refractivity contribution in [2.24, 2.45) is 0 Å². The standard InChI is InChI=1S/C15H24N2S/c1-12(2)16-10-14-6-4-5-7-15(14)17-8-9-18-13(3)11-17/h4-7,12-13,16H,8-11H2,1-3H3. The maximum Gasteiger partial charge on any atom is 0.0412 e. The first-order valence-corrected chi connectivity index (χ1v) is 7.89. The third-order valence-corrected chi connectivity index (χ3v) is 4.41. The molecular formula is C15H24N2S. The summed E-state index contributed by atoms with van der Waals surface area (Å²) in [5.41, 5.74) is 2.84. The Morgan fingerprint density at radius 2 is 2.17 bits per heavy atom. The number of hydrogen-bond donors (Lipinski definition) is 1. The van der Waals surface area contributed by atoms with E-state index in [2.05, 4.69) is 67.0 Å². The second-order valence-electron chi connectivity index (χ2n) is 5.29. The highest BCUT2D eigenvalue weighted by Gasteiger charge is 2.18. The summed E-state index contributed by atoms with van der Waals surface area (Å²) in [4.78, 5) is 2.54. The average molecular weight is 264 g/mol. The molecule has 1 aliphatic heterocycles. The third-order valence-electron chi connectivity index (χ3n) is 3.27. The molecule has 1 atom stereocenters. The molecule has 1 unspecified atom stereocenters. The van der Waals surface area contributed by atoms with Crippen molar-refractivity contribution in [3.05, 3.63) is 29.8 Å². The van der Waals surface area contributed by atoms with E-state index >= 15 is 0 Å². The van der Waals surface area contributed by atoms with E-state index in [1.165, 1.54) is 30.1 Å². The molecule has 3 heteroatoms. The minimum Gasteiger partial charge on any atom is -0.369 e. The summed E-state index contributed by atoms with van der Waals surface area (Å²) in [5.74, 6) is 1.24. The Morgan fingerprint density at radius 3 is 2.89 bits per heavy atom. The number of para-hydroxylation sites is 1. The fourth-order valence-electron chi connectivity index (χ4n) is 2.32. The van der Waals surface area contributed by atoms with Crippen LogP contribution in [0.4, 0.5) is 5.69 Å². The van der Waals surface area contributed by atoms with Crippen molar-refractivity contribution in [1.82, 2.24) is 5.32 Å². The summed E-state index contributed by atoms with van der Waals surface area (Å²) >= 11 is 2.08. The van der Waals surface area contributed by atoms with Gasteiger partial charge in [0.05, 0.1) is 0 Å². The van der Waals surface area contributed by atoms with Crippen LogP contribution in [0.3, 0.4) is 0 Å². The van der Waals surface area contributed by atoms with Gasteiger partial charge in [0.1, 0.15) is 0 Å². The van der Waals surface area contributed by atoms with Gasteiger partial charge in [0.2, 0.25) is 0 Å². The van der Waals surface area contributed by atoms with Gasteiger partial charge >= 0.3 is 0 Å². The molecule has 1 aliphatic rings. The maximum atomic E-state index is 3.52. The van der Waals surface area contributed by atoms with Gasteiger partial charge in [-0.05, 0) is 11.6 Å². The molecule has 0 saturated carbocycles. The van der Waals surface area contributed by atoms with Crippen molar-refractivity contribution in [2.45, 2.75) is 38.6 Å². The summed E-state index contributed by atoms with van der Waals surface area (Å²) in [6, 6.07) is 9.34. The molecule has 0 amide bonds. The number of benzene rings is 1. The van der Waals surface area contributed by atoms with Crippen LogP contribution in [0.15, 0.2) is 24.3 Å². The highest BCUT2D eigenvalue weighted by molar-refractivity contribution is 8.00. The largest absolute Gasteiger partial charge is 0.369 e. The van der Waals surface area contributed by atoms with Gasteiger partial charge in [-0.25, -0.2) is 0 Å². The van der Waals surface area contributed by atoms with Crippen molar-refractivity contribution >= 4 is 17.4 Å². The lowest BCUT2D eigenvalue weighted by Crippen LogP contribution is -2.37. The Balaban J connectivity index is 2.10. The molecule has 0 bridgehead atoms. The highest BCUT2D eigenvalue weighted by atomic mass is 32.2. The van der Waals surface area contributed by atoms with Gasteiger partial charge in [-0.1, -0.05) is 39.0 Å². The molecule has 1 N–H and O–H groups in total. The molecule has 1 fully saturated rings. The monoisotopic (exact) mass is 264 g/mol. The first-order chi connectivity index (χ1) is 8.66. The van der Waals surface area contributed by atoms with Gasteiger partial charge in [-0.2, -0.15) is 11.8 Å². The number of thioether (sulfide) groups is 1. The van der Waals surface area contributed by atoms with E-state index in [1.54, 1.807) is 0 Å². The normalized spacial score (nSPS) is 20.4. The van der Waals surface area contributed by atoms with Gasteiger partial charge < -0.3 is 10.2 Å². The predicted octanol–water partition coefficient (Wildman–Crippen LogP) is 3.13. The van der Waals surface area contributed by atoms with Gasteiger partial charge in [0.15, 0.2) is 0 Å². The van der Waals surface area contributed by atoms with Crippen LogP contribution in [0, 0.1) is 0 Å². The number of hydrogen-bond acceptors (Lipinski definition) is 3. The Labute approximate surface area is 115 Å². The zero-order chi connectivity index (χ0) is 13.0. The molecule has 2 rings (SSSR count). The SMILES string of the molecule is CC(C)NCc1ccccc1N1CCSC(C)C1. The second-order valence-corrected chi connectivity index (χ2v) is 6.84. The molecule has 1 aromatic carbocycles. The molecule has 0 spiro atoms. The molecule has 1 aromatic rings. The maximum absolute atomic E-state index is 3.52. The zero-order valence-electron chi connectivity index (χ0n) is 11.6. The van der Waals surface area contributed by atoms with Crippen LogP contribution in [0.5, 0.6) is 0 Å². The topological polar surface area (TPSA) is 15.3 Å². The van der Waals surface area contributed by atoms with E-state index in [0.29, 0.717) is 6.04 Å². The second kappa shape index (κ2) is 6.48. The molecule has 0 aliphatic carbocycles. The quantitative estimate of drug-likeness (QED) is 0.899. The smallest absolute Gasteiger partial charge is 0.0412 e. The van der Waals surface area contributed by atoms with Crippen molar-refractivity contribution in [3.8, 4) is 0 Å². The molecule has 0 radical (unpaired) electrons. The first kappa shape index (κ1) is 13.8. The van der Waals surface area contributed by atoms with E-state index in [4.69, 9.17) is 0 Å². The first-order valence-electron chi connectivity index (χ1n) is 6.84. The molecule has 18 heavy (non-hydrogen) atoms. The number of nitrogens with one attached hydrogen (secondary N) is 1. The van der Waals surface area contributed by atoms with E-state index < -0.39 is 0 Å². The van der Waals surface area contributed by atoms with E-state index in [-0.39, 0.29) is 0 Å². The lowest BCUT2D eigenvalue weighted by molar-refractivity contribution is 0.587. The van der Waals surface area contributed by atoms with Gasteiger partial charge in [-0.15, -0.1) is 0 Å². The summed E-state index contributed by atoms with van der Waals surface area (Å²) in [7, 11) is 0. The molecular weight excluding hydrogens is 240 g/mol. The van der Waals surface area contributed by atoms with Crippen LogP contribution in [0.2, 0.25) is 0 Å². The molecule has 0 aromatic heterocycles. The van der Waals surface area contributed by atoms with Crippen molar-refractivity contribution in [1.29, 1.82) is 0 Å². The van der Waals surface area contributed by atoms with Gasteiger partial charge in [0, 0.05) is 42.4 Å². The Bertz CT molecular complexity index is 379. The molecule has 1 heterocycles. The highest BCUT2D eigenvalue weighted by Crippen LogP contribution is 2.26. The summed E-state index contributed by atoms with van der Waals surface area (Å²) < 4.78 is 0. The Morgan fingerprint density at radius 1 is 1.39 bits per heavy atom. The Hall–Kier alpha value is -0.670. The minimum absolute atomic E-state index is 0.536. The van der Waals surface area contributed by atoms with E-state index in [9.17, 15) is 0 Å². The summed E-state index contributed by atoms with van der Waals surface area (Å²) in [6.45, 7) is 10.0. The molecule has 1 saturated heterocycles. The third kappa shape index (κ3) is 3.66. The van der Waals surface area contributed by atoms with Gasteiger partial charge in [0.25, 0.3) is 0 Å². The Kier molecular flexibility index (Phi) is 4.95. The lowest BCUT2D eigenvalue weighted by Gasteiger charge is -2.34. The fourth-order valence-corrected chi connectivity index (χ4v) is 3.33. The average Bonchev–Trinajstić information content (AvgIpc) is 2.36. The fraction of sp³-hybridized carbons (Fsp3) is 0.600. The molecule has 2 nitrogen and oxygen atoms in total. The van der Waals surface area contributed by atoms with E-state index in [1.807, 2.05) is 0 Å². The summed E-state index contributed by atoms with van der Waals surface area (Å²) in [6.07, 6.45) is 0. The number of nitrogens with zero attached hydrogens (tertiary/aromatic N) is 1. The van der Waals surface area contributed by atoms with Crippen LogP contribution < -0.4 is 10.2 Å². The van der Waals surface area contributed by atoms with Crippen LogP contribution in [0.1, 0.15) is 26.3 Å². The van der Waals surface area contributed by atoms with Crippen LogP contribution >= 0.6 is 11.8 Å². The molecule has 100 valence electrons.